The molecule has 1 aromatic carbocycles. The lowest BCUT2D eigenvalue weighted by Crippen LogP contribution is -2.43. The minimum atomic E-state index is -2.81. The third-order valence-electron chi connectivity index (χ3n) is 3.77. The monoisotopic (exact) mass is 314 g/mol. The summed E-state index contributed by atoms with van der Waals surface area (Å²) in [5.41, 5.74) is 0.748. The van der Waals surface area contributed by atoms with E-state index in [1.165, 1.54) is 31.4 Å². The number of hydrogen-bond donors (Lipinski definition) is 2. The molecule has 1 aromatic rings. The predicted octanol–water partition coefficient (Wildman–Crippen LogP) is 4.15. The quantitative estimate of drug-likeness (QED) is 0.818. The van der Waals surface area contributed by atoms with E-state index in [1.54, 1.807) is 12.1 Å². The average Bonchev–Trinajstić information content (AvgIpc) is 2.43. The minimum Gasteiger partial charge on any atom is -0.435 e. The average molecular weight is 314 g/mol. The Morgan fingerprint density at radius 1 is 1.24 bits per heavy atom. The van der Waals surface area contributed by atoms with Crippen LogP contribution < -0.4 is 15.4 Å². The summed E-state index contributed by atoms with van der Waals surface area (Å²) >= 11 is 5.30. The maximum atomic E-state index is 12.1. The van der Waals surface area contributed by atoms with Crippen LogP contribution in [0.5, 0.6) is 5.75 Å². The van der Waals surface area contributed by atoms with E-state index in [0.717, 1.165) is 12.1 Å². The lowest BCUT2D eigenvalue weighted by molar-refractivity contribution is -0.0498. The van der Waals surface area contributed by atoms with Crippen LogP contribution in [-0.4, -0.2) is 17.8 Å². The molecule has 6 heteroatoms. The van der Waals surface area contributed by atoms with Crippen molar-refractivity contribution in [2.75, 3.05) is 5.32 Å². The molecule has 1 saturated carbocycles. The first-order valence-electron chi connectivity index (χ1n) is 7.17. The Bertz CT molecular complexity index is 467. The number of alkyl halides is 2. The van der Waals surface area contributed by atoms with Crippen molar-refractivity contribution in [3.63, 3.8) is 0 Å². The molecule has 0 heterocycles. The van der Waals surface area contributed by atoms with Gasteiger partial charge in [0.1, 0.15) is 5.75 Å². The highest BCUT2D eigenvalue weighted by Crippen LogP contribution is 2.24. The number of anilines is 1. The molecule has 1 aliphatic carbocycles. The van der Waals surface area contributed by atoms with Crippen LogP contribution in [0.15, 0.2) is 24.3 Å². The molecule has 1 aliphatic rings. The van der Waals surface area contributed by atoms with Gasteiger partial charge in [-0.2, -0.15) is 8.78 Å². The van der Waals surface area contributed by atoms with Crippen LogP contribution in [0, 0.1) is 5.92 Å². The SMILES string of the molecule is C[C@@H]1CCCC[C@H]1NC(=S)Nc1ccc(OC(F)F)cc1. The molecule has 21 heavy (non-hydrogen) atoms. The predicted molar refractivity (Wildman–Crippen MR) is 83.9 cm³/mol. The van der Waals surface area contributed by atoms with Gasteiger partial charge in [-0.15, -0.1) is 0 Å². The summed E-state index contributed by atoms with van der Waals surface area (Å²) in [5.74, 6) is 0.746. The van der Waals surface area contributed by atoms with Gasteiger partial charge >= 0.3 is 6.61 Å². The molecule has 116 valence electrons. The van der Waals surface area contributed by atoms with Crippen LogP contribution in [0.25, 0.3) is 0 Å². The second-order valence-electron chi connectivity index (χ2n) is 5.37. The topological polar surface area (TPSA) is 33.3 Å². The molecule has 0 saturated heterocycles. The number of hydrogen-bond acceptors (Lipinski definition) is 2. The van der Waals surface area contributed by atoms with Crippen molar-refractivity contribution < 1.29 is 13.5 Å². The van der Waals surface area contributed by atoms with E-state index in [1.807, 2.05) is 0 Å². The van der Waals surface area contributed by atoms with Crippen LogP contribution in [0.3, 0.4) is 0 Å². The second-order valence-corrected chi connectivity index (χ2v) is 5.78. The van der Waals surface area contributed by atoms with E-state index >= 15 is 0 Å². The van der Waals surface area contributed by atoms with E-state index < -0.39 is 6.61 Å². The molecule has 1 fully saturated rings. The minimum absolute atomic E-state index is 0.135. The van der Waals surface area contributed by atoms with Crippen molar-refractivity contribution >= 4 is 23.0 Å². The molecular weight excluding hydrogens is 294 g/mol. The fourth-order valence-corrected chi connectivity index (χ4v) is 2.86. The van der Waals surface area contributed by atoms with E-state index in [0.29, 0.717) is 17.1 Å². The molecule has 0 amide bonds. The highest BCUT2D eigenvalue weighted by molar-refractivity contribution is 7.80. The summed E-state index contributed by atoms with van der Waals surface area (Å²) in [6, 6.07) is 6.70. The number of nitrogens with one attached hydrogen (secondary N) is 2. The number of halogens is 2. The first-order chi connectivity index (χ1) is 10.0. The standard InChI is InChI=1S/C15H20F2N2OS/c1-10-4-2-3-5-13(10)19-15(21)18-11-6-8-12(9-7-11)20-14(16)17/h6-10,13-14H,2-5H2,1H3,(H2,18,19,21)/t10-,13-/m1/s1. The van der Waals surface area contributed by atoms with Crippen LogP contribution in [0.2, 0.25) is 0 Å². The van der Waals surface area contributed by atoms with Crippen LogP contribution in [0.1, 0.15) is 32.6 Å². The van der Waals surface area contributed by atoms with Gasteiger partial charge in [-0.3, -0.25) is 0 Å². The first kappa shape index (κ1) is 15.9. The normalized spacial score (nSPS) is 21.9. The van der Waals surface area contributed by atoms with Gasteiger partial charge in [0.15, 0.2) is 5.11 Å². The maximum Gasteiger partial charge on any atom is 0.387 e. The fraction of sp³-hybridized carbons (Fsp3) is 0.533. The molecule has 3 nitrogen and oxygen atoms in total. The highest BCUT2D eigenvalue weighted by Gasteiger charge is 2.21. The van der Waals surface area contributed by atoms with E-state index in [-0.39, 0.29) is 5.75 Å². The zero-order chi connectivity index (χ0) is 15.2. The van der Waals surface area contributed by atoms with Crippen LogP contribution >= 0.6 is 12.2 Å². The third-order valence-corrected chi connectivity index (χ3v) is 3.99. The van der Waals surface area contributed by atoms with Crippen molar-refractivity contribution in [1.29, 1.82) is 0 Å². The Kier molecular flexibility index (Phi) is 5.73. The fourth-order valence-electron chi connectivity index (χ4n) is 2.59. The van der Waals surface area contributed by atoms with Gasteiger partial charge in [0, 0.05) is 11.7 Å². The van der Waals surface area contributed by atoms with E-state index in [2.05, 4.69) is 22.3 Å². The van der Waals surface area contributed by atoms with Gasteiger partial charge in [0.2, 0.25) is 0 Å². The molecule has 0 unspecified atom stereocenters. The lowest BCUT2D eigenvalue weighted by atomic mass is 9.86. The molecule has 2 atom stereocenters. The summed E-state index contributed by atoms with van der Waals surface area (Å²) in [5, 5.41) is 6.97. The molecule has 2 rings (SSSR count). The number of thiocarbonyl (C=S) groups is 1. The van der Waals surface area contributed by atoms with Gasteiger partial charge in [0.25, 0.3) is 0 Å². The smallest absolute Gasteiger partial charge is 0.387 e. The molecule has 2 N–H and O–H groups in total. The van der Waals surface area contributed by atoms with Crippen molar-refractivity contribution in [1.82, 2.24) is 5.32 Å². The van der Waals surface area contributed by atoms with Crippen molar-refractivity contribution in [2.45, 2.75) is 45.3 Å². The molecule has 0 radical (unpaired) electrons. The van der Waals surface area contributed by atoms with Gasteiger partial charge < -0.3 is 15.4 Å². The van der Waals surface area contributed by atoms with Gasteiger partial charge in [-0.1, -0.05) is 19.8 Å². The van der Waals surface area contributed by atoms with Gasteiger partial charge in [-0.25, -0.2) is 0 Å². The van der Waals surface area contributed by atoms with Gasteiger partial charge in [0.05, 0.1) is 0 Å². The second kappa shape index (κ2) is 7.54. The first-order valence-corrected chi connectivity index (χ1v) is 7.58. The van der Waals surface area contributed by atoms with Crippen molar-refractivity contribution in [3.8, 4) is 5.75 Å². The summed E-state index contributed by atoms with van der Waals surface area (Å²) in [4.78, 5) is 0. The summed E-state index contributed by atoms with van der Waals surface area (Å²) in [7, 11) is 0. The zero-order valence-electron chi connectivity index (χ0n) is 11.9. The Labute approximate surface area is 129 Å². The van der Waals surface area contributed by atoms with Gasteiger partial charge in [-0.05, 0) is 55.2 Å². The Balaban J connectivity index is 1.84. The summed E-state index contributed by atoms with van der Waals surface area (Å²) < 4.78 is 28.4. The summed E-state index contributed by atoms with van der Waals surface area (Å²) in [6.07, 6.45) is 4.86. The Morgan fingerprint density at radius 2 is 1.90 bits per heavy atom. The Hall–Kier alpha value is -1.43. The van der Waals surface area contributed by atoms with Crippen molar-refractivity contribution in [2.24, 2.45) is 5.92 Å². The van der Waals surface area contributed by atoms with Crippen LogP contribution in [-0.2, 0) is 0 Å². The third kappa shape index (κ3) is 5.12. The number of rotatable bonds is 4. The number of ether oxygens (including phenoxy) is 1. The summed E-state index contributed by atoms with van der Waals surface area (Å²) in [6.45, 7) is -0.574. The maximum absolute atomic E-state index is 12.1. The molecular formula is C15H20F2N2OS. The molecule has 0 aromatic heterocycles. The highest BCUT2D eigenvalue weighted by atomic mass is 32.1. The molecule has 0 aliphatic heterocycles. The molecule has 0 spiro atoms. The molecule has 0 bridgehead atoms. The van der Waals surface area contributed by atoms with Crippen molar-refractivity contribution in [3.05, 3.63) is 24.3 Å². The van der Waals surface area contributed by atoms with E-state index in [9.17, 15) is 8.78 Å². The zero-order valence-corrected chi connectivity index (χ0v) is 12.8. The largest absolute Gasteiger partial charge is 0.435 e. The number of benzene rings is 1. The Morgan fingerprint density at radius 3 is 2.52 bits per heavy atom. The van der Waals surface area contributed by atoms with Crippen LogP contribution in [0.4, 0.5) is 14.5 Å². The lowest BCUT2D eigenvalue weighted by Gasteiger charge is -2.30. The van der Waals surface area contributed by atoms with E-state index in [4.69, 9.17) is 12.2 Å².